The molecule has 19 heavy (non-hydrogen) atoms. The molecular weight excluding hydrogens is 254 g/mol. The third-order valence-electron chi connectivity index (χ3n) is 3.17. The molecule has 0 spiro atoms. The summed E-state index contributed by atoms with van der Waals surface area (Å²) in [6.45, 7) is 13.0. The van der Waals surface area contributed by atoms with Crippen LogP contribution in [0.25, 0.3) is 6.08 Å². The Morgan fingerprint density at radius 1 is 1.26 bits per heavy atom. The zero-order chi connectivity index (χ0) is 14.4. The van der Waals surface area contributed by atoms with Gasteiger partial charge in [-0.2, -0.15) is 0 Å². The second-order valence-electron chi connectivity index (χ2n) is 5.91. The number of hydrogen-bond acceptors (Lipinski definition) is 1. The van der Waals surface area contributed by atoms with Gasteiger partial charge in [0.15, 0.2) is 0 Å². The van der Waals surface area contributed by atoms with Gasteiger partial charge in [-0.05, 0) is 42.5 Å². The van der Waals surface area contributed by atoms with Crippen LogP contribution in [0.2, 0.25) is 5.02 Å². The molecule has 1 aromatic carbocycles. The van der Waals surface area contributed by atoms with E-state index in [9.17, 15) is 0 Å². The average molecular weight is 280 g/mol. The molecule has 1 aromatic rings. The van der Waals surface area contributed by atoms with Gasteiger partial charge in [0, 0.05) is 11.6 Å². The van der Waals surface area contributed by atoms with Crippen molar-refractivity contribution >= 4 is 17.7 Å². The van der Waals surface area contributed by atoms with Crippen molar-refractivity contribution in [3.8, 4) is 0 Å². The van der Waals surface area contributed by atoms with Gasteiger partial charge in [0.05, 0.1) is 0 Å². The van der Waals surface area contributed by atoms with E-state index in [4.69, 9.17) is 11.6 Å². The van der Waals surface area contributed by atoms with Crippen LogP contribution < -0.4 is 5.32 Å². The van der Waals surface area contributed by atoms with E-state index >= 15 is 0 Å². The minimum absolute atomic E-state index is 0.541. The lowest BCUT2D eigenvalue weighted by Gasteiger charge is -2.14. The maximum absolute atomic E-state index is 6.18. The molecule has 0 amide bonds. The first-order chi connectivity index (χ1) is 8.90. The Morgan fingerprint density at radius 2 is 1.95 bits per heavy atom. The summed E-state index contributed by atoms with van der Waals surface area (Å²) in [5.41, 5.74) is 3.73. The molecule has 0 aliphatic heterocycles. The van der Waals surface area contributed by atoms with Gasteiger partial charge >= 0.3 is 0 Å². The zero-order valence-corrected chi connectivity index (χ0v) is 13.5. The van der Waals surface area contributed by atoms with E-state index in [-0.39, 0.29) is 0 Å². The van der Waals surface area contributed by atoms with Crippen molar-refractivity contribution in [2.24, 2.45) is 11.8 Å². The van der Waals surface area contributed by atoms with Crippen molar-refractivity contribution in [1.82, 2.24) is 5.32 Å². The van der Waals surface area contributed by atoms with E-state index in [1.54, 1.807) is 0 Å². The molecule has 1 N–H and O–H groups in total. The van der Waals surface area contributed by atoms with Crippen LogP contribution in [-0.4, -0.2) is 13.1 Å². The number of halogens is 1. The normalized spacial score (nSPS) is 12.5. The predicted molar refractivity (Wildman–Crippen MR) is 86.7 cm³/mol. The number of rotatable bonds is 6. The third kappa shape index (κ3) is 5.80. The molecule has 0 aliphatic carbocycles. The fourth-order valence-electron chi connectivity index (χ4n) is 1.84. The van der Waals surface area contributed by atoms with E-state index in [1.165, 1.54) is 11.1 Å². The van der Waals surface area contributed by atoms with Gasteiger partial charge < -0.3 is 5.32 Å². The van der Waals surface area contributed by atoms with Crippen LogP contribution in [0.1, 0.15) is 38.8 Å². The van der Waals surface area contributed by atoms with Gasteiger partial charge in [-0.3, -0.25) is 0 Å². The minimum atomic E-state index is 0.541. The Balaban J connectivity index is 2.79. The van der Waals surface area contributed by atoms with E-state index < -0.39 is 0 Å². The molecular formula is C17H26ClN. The second-order valence-corrected chi connectivity index (χ2v) is 6.31. The predicted octanol–water partition coefficient (Wildman–Crippen LogP) is 4.93. The smallest absolute Gasteiger partial charge is 0.0441 e. The molecule has 0 radical (unpaired) electrons. The van der Waals surface area contributed by atoms with Crippen molar-refractivity contribution in [2.75, 3.05) is 13.1 Å². The van der Waals surface area contributed by atoms with E-state index in [0.717, 1.165) is 23.7 Å². The second kappa shape index (κ2) is 7.72. The number of nitrogens with one attached hydrogen (secondary N) is 1. The summed E-state index contributed by atoms with van der Waals surface area (Å²) in [5.74, 6) is 1.22. The van der Waals surface area contributed by atoms with Crippen LogP contribution in [0.15, 0.2) is 23.8 Å². The molecule has 0 bridgehead atoms. The van der Waals surface area contributed by atoms with Gasteiger partial charge in [-0.15, -0.1) is 0 Å². The molecule has 2 heteroatoms. The monoisotopic (exact) mass is 279 g/mol. The lowest BCUT2D eigenvalue weighted by atomic mass is 9.99. The summed E-state index contributed by atoms with van der Waals surface area (Å²) in [6.07, 6.45) is 2.25. The highest BCUT2D eigenvalue weighted by Gasteiger charge is 2.05. The summed E-state index contributed by atoms with van der Waals surface area (Å²) in [5, 5.41) is 4.35. The first-order valence-corrected chi connectivity index (χ1v) is 7.45. The molecule has 1 rings (SSSR count). The number of hydrogen-bond donors (Lipinski definition) is 1. The van der Waals surface area contributed by atoms with Crippen molar-refractivity contribution in [3.05, 3.63) is 39.9 Å². The Hall–Kier alpha value is -0.790. The van der Waals surface area contributed by atoms with Crippen LogP contribution in [-0.2, 0) is 0 Å². The Kier molecular flexibility index (Phi) is 6.60. The van der Waals surface area contributed by atoms with Gasteiger partial charge in [0.1, 0.15) is 0 Å². The maximum Gasteiger partial charge on any atom is 0.0441 e. The Morgan fingerprint density at radius 3 is 2.47 bits per heavy atom. The molecule has 106 valence electrons. The van der Waals surface area contributed by atoms with Gasteiger partial charge in [0.2, 0.25) is 0 Å². The molecule has 1 nitrogen and oxygen atoms in total. The maximum atomic E-state index is 6.18. The van der Waals surface area contributed by atoms with Crippen LogP contribution >= 0.6 is 11.6 Å². The largest absolute Gasteiger partial charge is 0.313 e. The first-order valence-electron chi connectivity index (χ1n) is 7.07. The first kappa shape index (κ1) is 16.3. The van der Waals surface area contributed by atoms with E-state index in [2.05, 4.69) is 51.2 Å². The van der Waals surface area contributed by atoms with E-state index in [1.807, 2.05) is 13.0 Å². The average Bonchev–Trinajstić information content (AvgIpc) is 2.32. The summed E-state index contributed by atoms with van der Waals surface area (Å²) < 4.78 is 0. The molecule has 0 atom stereocenters. The van der Waals surface area contributed by atoms with Crippen molar-refractivity contribution in [3.63, 3.8) is 0 Å². The zero-order valence-electron chi connectivity index (χ0n) is 12.8. The van der Waals surface area contributed by atoms with Crippen molar-refractivity contribution in [2.45, 2.75) is 34.6 Å². The topological polar surface area (TPSA) is 12.0 Å². The highest BCUT2D eigenvalue weighted by Crippen LogP contribution is 2.20. The van der Waals surface area contributed by atoms with Crippen LogP contribution in [0.3, 0.4) is 0 Å². The summed E-state index contributed by atoms with van der Waals surface area (Å²) in [7, 11) is 0. The van der Waals surface area contributed by atoms with Crippen molar-refractivity contribution in [1.29, 1.82) is 0 Å². The quantitative estimate of drug-likeness (QED) is 0.778. The summed E-state index contributed by atoms with van der Waals surface area (Å²) in [6, 6.07) is 6.25. The summed E-state index contributed by atoms with van der Waals surface area (Å²) >= 11 is 6.18. The standard InChI is InChI=1S/C17H26ClN/c1-12(2)10-19-11-16(13(3)4)8-15-7-6-14(5)17(18)9-15/h6-9,12-13,19H,10-11H2,1-5H3/b16-8-. The fraction of sp³-hybridized carbons (Fsp3) is 0.529. The van der Waals surface area contributed by atoms with Crippen LogP contribution in [0, 0.1) is 18.8 Å². The highest BCUT2D eigenvalue weighted by atomic mass is 35.5. The number of aryl methyl sites for hydroxylation is 1. The molecule has 0 fully saturated rings. The molecule has 0 heterocycles. The minimum Gasteiger partial charge on any atom is -0.313 e. The van der Waals surface area contributed by atoms with Crippen molar-refractivity contribution < 1.29 is 0 Å². The Bertz CT molecular complexity index is 433. The fourth-order valence-corrected chi connectivity index (χ4v) is 2.03. The highest BCUT2D eigenvalue weighted by molar-refractivity contribution is 6.31. The Labute approximate surface area is 123 Å². The molecule has 0 saturated carbocycles. The lowest BCUT2D eigenvalue weighted by molar-refractivity contribution is 0.558. The van der Waals surface area contributed by atoms with Crippen LogP contribution in [0.4, 0.5) is 0 Å². The molecule has 0 unspecified atom stereocenters. The van der Waals surface area contributed by atoms with Crippen LogP contribution in [0.5, 0.6) is 0 Å². The van der Waals surface area contributed by atoms with Gasteiger partial charge in [-0.25, -0.2) is 0 Å². The lowest BCUT2D eigenvalue weighted by Crippen LogP contribution is -2.23. The summed E-state index contributed by atoms with van der Waals surface area (Å²) in [4.78, 5) is 0. The molecule has 0 saturated heterocycles. The van der Waals surface area contributed by atoms with Gasteiger partial charge in [0.25, 0.3) is 0 Å². The molecule has 0 aliphatic rings. The number of benzene rings is 1. The third-order valence-corrected chi connectivity index (χ3v) is 3.58. The molecule has 0 aromatic heterocycles. The van der Waals surface area contributed by atoms with Gasteiger partial charge in [-0.1, -0.05) is 63.1 Å². The van der Waals surface area contributed by atoms with E-state index in [0.29, 0.717) is 11.8 Å². The SMILES string of the molecule is Cc1ccc(/C=C(/CNCC(C)C)C(C)C)cc1Cl.